The van der Waals surface area contributed by atoms with Crippen molar-refractivity contribution in [1.82, 2.24) is 15.1 Å². The van der Waals surface area contributed by atoms with Crippen LogP contribution in [0, 0.1) is 0 Å². The minimum atomic E-state index is -0.146. The normalized spacial score (nSPS) is 13.9. The maximum absolute atomic E-state index is 12.4. The summed E-state index contributed by atoms with van der Waals surface area (Å²) in [5.74, 6) is 0.642. The molecule has 0 saturated heterocycles. The van der Waals surface area contributed by atoms with E-state index in [1.807, 2.05) is 0 Å². The summed E-state index contributed by atoms with van der Waals surface area (Å²) >= 11 is 0. The zero-order chi connectivity index (χ0) is 14.1. The van der Waals surface area contributed by atoms with E-state index in [4.69, 9.17) is 4.74 Å². The van der Waals surface area contributed by atoms with Crippen molar-refractivity contribution in [2.45, 2.75) is 13.0 Å². The van der Waals surface area contributed by atoms with E-state index >= 15 is 0 Å². The molecule has 2 aromatic rings. The van der Waals surface area contributed by atoms with Gasteiger partial charge in [-0.1, -0.05) is 0 Å². The Morgan fingerprint density at radius 3 is 2.70 bits per heavy atom. The molecule has 1 aromatic carbocycles. The Hall–Kier alpha value is -2.50. The Labute approximate surface area is 115 Å². The Bertz CT molecular complexity index is 684. The molecule has 1 aromatic heterocycles. The van der Waals surface area contributed by atoms with Crippen LogP contribution in [-0.2, 0) is 13.0 Å². The summed E-state index contributed by atoms with van der Waals surface area (Å²) < 4.78 is 5.07. The summed E-state index contributed by atoms with van der Waals surface area (Å²) in [6, 6.07) is 6.98. The van der Waals surface area contributed by atoms with Crippen molar-refractivity contribution < 1.29 is 9.53 Å². The lowest BCUT2D eigenvalue weighted by Gasteiger charge is -2.26. The zero-order valence-corrected chi connectivity index (χ0v) is 11.1. The number of amides is 1. The summed E-state index contributed by atoms with van der Waals surface area (Å²) in [6.07, 6.45) is 0.663. The number of H-pyrrole nitrogens is 2. The highest BCUT2D eigenvalue weighted by atomic mass is 16.5. The van der Waals surface area contributed by atoms with E-state index in [1.54, 1.807) is 36.3 Å². The number of hydrogen-bond donors (Lipinski definition) is 2. The molecule has 6 nitrogen and oxygen atoms in total. The lowest BCUT2D eigenvalue weighted by atomic mass is 10.1. The first-order chi connectivity index (χ1) is 9.69. The lowest BCUT2D eigenvalue weighted by Crippen LogP contribution is -2.37. The van der Waals surface area contributed by atoms with Gasteiger partial charge in [-0.25, -0.2) is 0 Å². The van der Waals surface area contributed by atoms with Crippen molar-refractivity contribution in [1.29, 1.82) is 0 Å². The minimum Gasteiger partial charge on any atom is -0.497 e. The van der Waals surface area contributed by atoms with Crippen LogP contribution in [0.15, 0.2) is 29.1 Å². The number of rotatable bonds is 2. The number of aromatic nitrogens is 2. The van der Waals surface area contributed by atoms with Crippen molar-refractivity contribution >= 4 is 5.91 Å². The van der Waals surface area contributed by atoms with Crippen LogP contribution in [0.5, 0.6) is 5.75 Å². The van der Waals surface area contributed by atoms with Gasteiger partial charge in [0, 0.05) is 24.2 Å². The molecule has 0 spiro atoms. The van der Waals surface area contributed by atoms with Gasteiger partial charge in [-0.3, -0.25) is 14.7 Å². The van der Waals surface area contributed by atoms with Crippen LogP contribution in [0.4, 0.5) is 0 Å². The molecular weight excluding hydrogens is 258 g/mol. The van der Waals surface area contributed by atoms with Crippen molar-refractivity contribution in [3.05, 3.63) is 51.4 Å². The molecule has 0 aliphatic carbocycles. The number of carbonyl (C=O) groups is 1. The lowest BCUT2D eigenvalue weighted by molar-refractivity contribution is 0.0734. The fourth-order valence-corrected chi connectivity index (χ4v) is 2.41. The van der Waals surface area contributed by atoms with Crippen LogP contribution in [0.25, 0.3) is 0 Å². The Morgan fingerprint density at radius 1 is 1.25 bits per heavy atom. The van der Waals surface area contributed by atoms with E-state index in [0.29, 0.717) is 36.4 Å². The topological polar surface area (TPSA) is 78.2 Å². The fraction of sp³-hybridized carbons (Fsp3) is 0.286. The van der Waals surface area contributed by atoms with Crippen LogP contribution in [-0.4, -0.2) is 34.7 Å². The summed E-state index contributed by atoms with van der Waals surface area (Å²) in [4.78, 5) is 25.7. The summed E-state index contributed by atoms with van der Waals surface area (Å²) in [5, 5.41) is 5.41. The van der Waals surface area contributed by atoms with Gasteiger partial charge >= 0.3 is 0 Å². The van der Waals surface area contributed by atoms with Crippen molar-refractivity contribution in [3.63, 3.8) is 0 Å². The summed E-state index contributed by atoms with van der Waals surface area (Å²) in [6.45, 7) is 0.949. The maximum Gasteiger partial charge on any atom is 0.269 e. The van der Waals surface area contributed by atoms with E-state index in [0.717, 1.165) is 5.69 Å². The predicted molar refractivity (Wildman–Crippen MR) is 72.9 cm³/mol. The molecule has 0 radical (unpaired) electrons. The number of nitrogens with zero attached hydrogens (tertiary/aromatic N) is 1. The monoisotopic (exact) mass is 273 g/mol. The number of methoxy groups -OCH3 is 1. The number of nitrogens with one attached hydrogen (secondary N) is 2. The highest BCUT2D eigenvalue weighted by Gasteiger charge is 2.24. The van der Waals surface area contributed by atoms with Crippen molar-refractivity contribution in [2.75, 3.05) is 13.7 Å². The van der Waals surface area contributed by atoms with E-state index in [1.165, 1.54) is 0 Å². The Balaban J connectivity index is 1.81. The van der Waals surface area contributed by atoms with E-state index in [-0.39, 0.29) is 11.5 Å². The minimum absolute atomic E-state index is 0.0705. The summed E-state index contributed by atoms with van der Waals surface area (Å²) in [7, 11) is 1.58. The predicted octanol–water partition coefficient (Wildman–Crippen LogP) is 0.910. The molecule has 2 heterocycles. The molecule has 20 heavy (non-hydrogen) atoms. The molecule has 6 heteroatoms. The molecule has 1 amide bonds. The highest BCUT2D eigenvalue weighted by molar-refractivity contribution is 5.94. The first-order valence-electron chi connectivity index (χ1n) is 6.41. The van der Waals surface area contributed by atoms with E-state index < -0.39 is 0 Å². The molecule has 0 saturated carbocycles. The second kappa shape index (κ2) is 4.88. The second-order valence-electron chi connectivity index (χ2n) is 4.74. The SMILES string of the molecule is COc1ccc(C(=O)N2CCc3[nH][nH]c(=O)c3C2)cc1. The number of fused-ring (bicyclic) bond motifs is 1. The average molecular weight is 273 g/mol. The zero-order valence-electron chi connectivity index (χ0n) is 11.1. The number of benzene rings is 1. The number of carbonyl (C=O) groups excluding carboxylic acids is 1. The summed E-state index contributed by atoms with van der Waals surface area (Å²) in [5.41, 5.74) is 2.00. The standard InChI is InChI=1S/C14H15N3O3/c1-20-10-4-2-9(3-5-10)14(19)17-7-6-12-11(8-17)13(18)16-15-12/h2-5H,6-8H2,1H3,(H2,15,16,18). The van der Waals surface area contributed by atoms with Crippen molar-refractivity contribution in [2.24, 2.45) is 0 Å². The van der Waals surface area contributed by atoms with Gasteiger partial charge in [-0.05, 0) is 24.3 Å². The van der Waals surface area contributed by atoms with E-state index in [2.05, 4.69) is 10.2 Å². The van der Waals surface area contributed by atoms with Gasteiger partial charge in [-0.15, -0.1) is 0 Å². The van der Waals surface area contributed by atoms with Gasteiger partial charge in [-0.2, -0.15) is 0 Å². The van der Waals surface area contributed by atoms with Gasteiger partial charge in [0.2, 0.25) is 0 Å². The highest BCUT2D eigenvalue weighted by Crippen LogP contribution is 2.18. The second-order valence-corrected chi connectivity index (χ2v) is 4.74. The first kappa shape index (κ1) is 12.5. The van der Waals surface area contributed by atoms with Gasteiger partial charge in [0.15, 0.2) is 0 Å². The third-order valence-corrected chi connectivity index (χ3v) is 3.57. The molecular formula is C14H15N3O3. The van der Waals surface area contributed by atoms with Crippen molar-refractivity contribution in [3.8, 4) is 5.75 Å². The quantitative estimate of drug-likeness (QED) is 0.853. The number of ether oxygens (including phenoxy) is 1. The Morgan fingerprint density at radius 2 is 2.00 bits per heavy atom. The van der Waals surface area contributed by atoms with Gasteiger partial charge < -0.3 is 14.7 Å². The van der Waals surface area contributed by atoms with Gasteiger partial charge in [0.1, 0.15) is 5.75 Å². The fourth-order valence-electron chi connectivity index (χ4n) is 2.41. The molecule has 104 valence electrons. The third-order valence-electron chi connectivity index (χ3n) is 3.57. The van der Waals surface area contributed by atoms with Gasteiger partial charge in [0.05, 0.1) is 19.2 Å². The molecule has 2 N–H and O–H groups in total. The van der Waals surface area contributed by atoms with Crippen LogP contribution in [0.3, 0.4) is 0 Å². The molecule has 1 aliphatic heterocycles. The maximum atomic E-state index is 12.4. The van der Waals surface area contributed by atoms with Crippen LogP contribution < -0.4 is 10.3 Å². The molecule has 0 fully saturated rings. The molecule has 0 bridgehead atoms. The molecule has 0 unspecified atom stereocenters. The number of hydrogen-bond acceptors (Lipinski definition) is 3. The van der Waals surface area contributed by atoms with Crippen LogP contribution in [0.2, 0.25) is 0 Å². The molecule has 0 atom stereocenters. The Kier molecular flexibility index (Phi) is 3.06. The first-order valence-corrected chi connectivity index (χ1v) is 6.41. The van der Waals surface area contributed by atoms with Crippen LogP contribution >= 0.6 is 0 Å². The largest absolute Gasteiger partial charge is 0.497 e. The van der Waals surface area contributed by atoms with Gasteiger partial charge in [0.25, 0.3) is 11.5 Å². The molecule has 3 rings (SSSR count). The average Bonchev–Trinajstić information content (AvgIpc) is 2.87. The van der Waals surface area contributed by atoms with E-state index in [9.17, 15) is 9.59 Å². The van der Waals surface area contributed by atoms with Crippen LogP contribution in [0.1, 0.15) is 21.6 Å². The molecule has 1 aliphatic rings. The number of aromatic amines is 2. The smallest absolute Gasteiger partial charge is 0.269 e. The third kappa shape index (κ3) is 2.09.